The zero-order valence-corrected chi connectivity index (χ0v) is 11.1. The van der Waals surface area contributed by atoms with E-state index in [9.17, 15) is 14.9 Å². The summed E-state index contributed by atoms with van der Waals surface area (Å²) in [5.41, 5.74) is 0.211. The molecule has 0 aliphatic carbocycles. The standard InChI is InChI=1S/C13H12N4O4/c1-8(9-3-2-4-14-6-9)16-12-11(17(20)21)5-10(7-15-12)13(18)19/h2-8H,1H3,(H,15,16)(H,18,19). The third-order valence-corrected chi connectivity index (χ3v) is 2.85. The predicted molar refractivity (Wildman–Crippen MR) is 74.1 cm³/mol. The third-order valence-electron chi connectivity index (χ3n) is 2.85. The molecule has 2 heterocycles. The summed E-state index contributed by atoms with van der Waals surface area (Å²) in [4.78, 5) is 29.0. The van der Waals surface area contributed by atoms with Crippen LogP contribution in [0.1, 0.15) is 28.9 Å². The molecule has 2 aromatic rings. The Morgan fingerprint density at radius 2 is 2.24 bits per heavy atom. The number of aromatic carboxylic acids is 1. The van der Waals surface area contributed by atoms with Gasteiger partial charge in [-0.25, -0.2) is 9.78 Å². The fraction of sp³-hybridized carbons (Fsp3) is 0.154. The number of nitro groups is 1. The number of carboxylic acid groups (broad SMARTS) is 1. The molecule has 8 heteroatoms. The fourth-order valence-corrected chi connectivity index (χ4v) is 1.74. The molecule has 2 N–H and O–H groups in total. The number of pyridine rings is 2. The van der Waals surface area contributed by atoms with Crippen molar-refractivity contribution in [1.82, 2.24) is 9.97 Å². The highest BCUT2D eigenvalue weighted by Gasteiger charge is 2.20. The van der Waals surface area contributed by atoms with Crippen LogP contribution in [0.15, 0.2) is 36.8 Å². The van der Waals surface area contributed by atoms with Crippen LogP contribution in [-0.4, -0.2) is 26.0 Å². The Morgan fingerprint density at radius 1 is 1.48 bits per heavy atom. The molecular weight excluding hydrogens is 276 g/mol. The number of rotatable bonds is 5. The Labute approximate surface area is 119 Å². The average Bonchev–Trinajstić information content (AvgIpc) is 2.48. The summed E-state index contributed by atoms with van der Waals surface area (Å²) < 4.78 is 0. The highest BCUT2D eigenvalue weighted by Crippen LogP contribution is 2.26. The molecule has 0 spiro atoms. The second-order valence-corrected chi connectivity index (χ2v) is 4.31. The first-order chi connectivity index (χ1) is 9.99. The van der Waals surface area contributed by atoms with E-state index in [1.54, 1.807) is 25.4 Å². The fourth-order valence-electron chi connectivity index (χ4n) is 1.74. The first kappa shape index (κ1) is 14.4. The van der Waals surface area contributed by atoms with Gasteiger partial charge in [0.2, 0.25) is 5.82 Å². The molecule has 8 nitrogen and oxygen atoms in total. The quantitative estimate of drug-likeness (QED) is 0.639. The van der Waals surface area contributed by atoms with E-state index >= 15 is 0 Å². The van der Waals surface area contributed by atoms with Crippen molar-refractivity contribution >= 4 is 17.5 Å². The Balaban J connectivity index is 2.31. The molecule has 108 valence electrons. The molecular formula is C13H12N4O4. The van der Waals surface area contributed by atoms with Gasteiger partial charge in [-0.2, -0.15) is 0 Å². The van der Waals surface area contributed by atoms with Gasteiger partial charge in [-0.15, -0.1) is 0 Å². The van der Waals surface area contributed by atoms with Crippen LogP contribution >= 0.6 is 0 Å². The molecule has 0 radical (unpaired) electrons. The molecule has 0 aliphatic heterocycles. The Bertz CT molecular complexity index is 675. The van der Waals surface area contributed by atoms with Crippen molar-refractivity contribution in [2.24, 2.45) is 0 Å². The number of carbonyl (C=O) groups is 1. The number of carboxylic acids is 1. The van der Waals surface area contributed by atoms with E-state index in [2.05, 4.69) is 15.3 Å². The third kappa shape index (κ3) is 3.30. The van der Waals surface area contributed by atoms with Gasteiger partial charge in [0.15, 0.2) is 0 Å². The largest absolute Gasteiger partial charge is 0.478 e. The molecule has 0 aromatic carbocycles. The summed E-state index contributed by atoms with van der Waals surface area (Å²) in [5.74, 6) is -1.25. The number of nitrogens with one attached hydrogen (secondary N) is 1. The van der Waals surface area contributed by atoms with Crippen molar-refractivity contribution in [2.75, 3.05) is 5.32 Å². The zero-order chi connectivity index (χ0) is 15.4. The molecule has 21 heavy (non-hydrogen) atoms. The number of aromatic nitrogens is 2. The predicted octanol–water partition coefficient (Wildman–Crippen LogP) is 2.26. The Hall–Kier alpha value is -3.03. The maximum Gasteiger partial charge on any atom is 0.337 e. The normalized spacial score (nSPS) is 11.7. The summed E-state index contributed by atoms with van der Waals surface area (Å²) in [6.07, 6.45) is 4.33. The first-order valence-corrected chi connectivity index (χ1v) is 6.03. The van der Waals surface area contributed by atoms with Gasteiger partial charge in [0.05, 0.1) is 16.5 Å². The van der Waals surface area contributed by atoms with Crippen LogP contribution in [0, 0.1) is 10.1 Å². The number of hydrogen-bond acceptors (Lipinski definition) is 6. The van der Waals surface area contributed by atoms with E-state index in [-0.39, 0.29) is 23.1 Å². The van der Waals surface area contributed by atoms with Crippen LogP contribution in [0.3, 0.4) is 0 Å². The van der Waals surface area contributed by atoms with E-state index in [0.29, 0.717) is 0 Å². The Kier molecular flexibility index (Phi) is 4.07. The summed E-state index contributed by atoms with van der Waals surface area (Å²) in [7, 11) is 0. The van der Waals surface area contributed by atoms with Crippen molar-refractivity contribution in [3.05, 3.63) is 58.0 Å². The van der Waals surface area contributed by atoms with Crippen LogP contribution in [0.5, 0.6) is 0 Å². The summed E-state index contributed by atoms with van der Waals surface area (Å²) in [6, 6.07) is 4.29. The van der Waals surface area contributed by atoms with Gasteiger partial charge in [-0.1, -0.05) is 6.07 Å². The summed E-state index contributed by atoms with van der Waals surface area (Å²) in [5, 5.41) is 22.8. The molecule has 0 bridgehead atoms. The van der Waals surface area contributed by atoms with Gasteiger partial charge in [0, 0.05) is 24.7 Å². The van der Waals surface area contributed by atoms with E-state index < -0.39 is 10.9 Å². The van der Waals surface area contributed by atoms with Crippen LogP contribution in [0.25, 0.3) is 0 Å². The summed E-state index contributed by atoms with van der Waals surface area (Å²) in [6.45, 7) is 1.80. The zero-order valence-electron chi connectivity index (χ0n) is 11.1. The lowest BCUT2D eigenvalue weighted by molar-refractivity contribution is -0.384. The van der Waals surface area contributed by atoms with Crippen molar-refractivity contribution < 1.29 is 14.8 Å². The van der Waals surface area contributed by atoms with Crippen LogP contribution < -0.4 is 5.32 Å². The lowest BCUT2D eigenvalue weighted by Gasteiger charge is -2.14. The first-order valence-electron chi connectivity index (χ1n) is 6.03. The minimum atomic E-state index is -1.27. The van der Waals surface area contributed by atoms with Crippen LogP contribution in [-0.2, 0) is 0 Å². The van der Waals surface area contributed by atoms with E-state index in [4.69, 9.17) is 5.11 Å². The molecule has 0 saturated carbocycles. The smallest absolute Gasteiger partial charge is 0.337 e. The average molecular weight is 288 g/mol. The van der Waals surface area contributed by atoms with Crippen molar-refractivity contribution in [1.29, 1.82) is 0 Å². The second kappa shape index (κ2) is 5.95. The van der Waals surface area contributed by atoms with E-state index in [0.717, 1.165) is 17.8 Å². The minimum Gasteiger partial charge on any atom is -0.478 e. The highest BCUT2D eigenvalue weighted by molar-refractivity contribution is 5.88. The monoisotopic (exact) mass is 288 g/mol. The van der Waals surface area contributed by atoms with Gasteiger partial charge < -0.3 is 10.4 Å². The summed E-state index contributed by atoms with van der Waals surface area (Å²) >= 11 is 0. The maximum atomic E-state index is 11.0. The molecule has 1 atom stereocenters. The molecule has 0 aliphatic rings. The number of hydrogen-bond donors (Lipinski definition) is 2. The van der Waals surface area contributed by atoms with Crippen LogP contribution in [0.4, 0.5) is 11.5 Å². The molecule has 2 rings (SSSR count). The molecule has 0 amide bonds. The number of anilines is 1. The van der Waals surface area contributed by atoms with E-state index in [1.807, 2.05) is 6.07 Å². The van der Waals surface area contributed by atoms with E-state index in [1.165, 1.54) is 0 Å². The molecule has 1 unspecified atom stereocenters. The number of nitrogens with zero attached hydrogens (tertiary/aromatic N) is 3. The van der Waals surface area contributed by atoms with Gasteiger partial charge >= 0.3 is 11.7 Å². The SMILES string of the molecule is CC(Nc1ncc(C(=O)O)cc1[N+](=O)[O-])c1cccnc1. The topological polar surface area (TPSA) is 118 Å². The van der Waals surface area contributed by atoms with Crippen LogP contribution in [0.2, 0.25) is 0 Å². The maximum absolute atomic E-state index is 11.0. The van der Waals surface area contributed by atoms with Crippen molar-refractivity contribution in [3.8, 4) is 0 Å². The molecule has 2 aromatic heterocycles. The van der Waals surface area contributed by atoms with Gasteiger partial charge in [0.25, 0.3) is 0 Å². The molecule has 0 saturated heterocycles. The van der Waals surface area contributed by atoms with Gasteiger partial charge in [-0.3, -0.25) is 15.1 Å². The second-order valence-electron chi connectivity index (χ2n) is 4.31. The minimum absolute atomic E-state index is 0.0151. The highest BCUT2D eigenvalue weighted by atomic mass is 16.6. The van der Waals surface area contributed by atoms with Crippen molar-refractivity contribution in [3.63, 3.8) is 0 Å². The van der Waals surface area contributed by atoms with Crippen molar-refractivity contribution in [2.45, 2.75) is 13.0 Å². The Morgan fingerprint density at radius 3 is 2.81 bits per heavy atom. The lowest BCUT2D eigenvalue weighted by Crippen LogP contribution is -2.11. The van der Waals surface area contributed by atoms with Gasteiger partial charge in [0.1, 0.15) is 0 Å². The lowest BCUT2D eigenvalue weighted by atomic mass is 10.1. The molecule has 0 fully saturated rings. The van der Waals surface area contributed by atoms with Gasteiger partial charge in [-0.05, 0) is 18.6 Å².